The number of hydrogen-bond donors (Lipinski definition) is 2. The number of nitrogens with two attached hydrogens (primary N) is 1. The fourth-order valence-corrected chi connectivity index (χ4v) is 4.62. The fraction of sp³-hybridized carbons (Fsp3) is 0.571. The van der Waals surface area contributed by atoms with Crippen LogP contribution in [0.5, 0.6) is 0 Å². The molecule has 0 spiro atoms. The summed E-state index contributed by atoms with van der Waals surface area (Å²) in [6, 6.07) is 2.60. The van der Waals surface area contributed by atoms with Gasteiger partial charge in [-0.2, -0.15) is 0 Å². The molecule has 2 aliphatic rings. The minimum atomic E-state index is -1.09. The van der Waals surface area contributed by atoms with Crippen molar-refractivity contribution in [3.63, 3.8) is 0 Å². The van der Waals surface area contributed by atoms with Crippen LogP contribution in [0.2, 0.25) is 0 Å². The van der Waals surface area contributed by atoms with Gasteiger partial charge >= 0.3 is 6.09 Å². The van der Waals surface area contributed by atoms with E-state index in [4.69, 9.17) is 10.5 Å². The summed E-state index contributed by atoms with van der Waals surface area (Å²) in [5.41, 5.74) is 5.05. The Hall–Kier alpha value is -2.16. The van der Waals surface area contributed by atoms with Crippen molar-refractivity contribution in [2.75, 3.05) is 0 Å². The molecule has 1 aliphatic carbocycles. The molecule has 0 radical (unpaired) electrons. The number of carbonyl (C=O) groups is 3. The maximum absolute atomic E-state index is 14.2. The van der Waals surface area contributed by atoms with E-state index in [-0.39, 0.29) is 23.9 Å². The van der Waals surface area contributed by atoms with Crippen molar-refractivity contribution in [2.24, 2.45) is 11.7 Å². The van der Waals surface area contributed by atoms with Crippen LogP contribution >= 0.6 is 15.9 Å². The van der Waals surface area contributed by atoms with Gasteiger partial charge in [0, 0.05) is 16.9 Å². The van der Waals surface area contributed by atoms with Gasteiger partial charge in [0.25, 0.3) is 0 Å². The molecule has 164 valence electrons. The Balaban J connectivity index is 1.75. The van der Waals surface area contributed by atoms with Crippen molar-refractivity contribution in [3.05, 3.63) is 34.1 Å². The molecule has 1 saturated heterocycles. The van der Waals surface area contributed by atoms with Crippen molar-refractivity contribution < 1.29 is 23.5 Å². The van der Waals surface area contributed by atoms with E-state index in [9.17, 15) is 18.8 Å². The van der Waals surface area contributed by atoms with Gasteiger partial charge in [0.1, 0.15) is 23.5 Å². The summed E-state index contributed by atoms with van der Waals surface area (Å²) in [6.45, 7) is 5.30. The van der Waals surface area contributed by atoms with Crippen LogP contribution in [0, 0.1) is 11.7 Å². The number of likely N-dealkylation sites (tertiary alicyclic amines) is 1. The lowest BCUT2D eigenvalue weighted by Crippen LogP contribution is -2.57. The Kier molecular flexibility index (Phi) is 6.40. The number of amides is 3. The van der Waals surface area contributed by atoms with Gasteiger partial charge in [0.05, 0.1) is 0 Å². The zero-order chi connectivity index (χ0) is 22.2. The van der Waals surface area contributed by atoms with Crippen LogP contribution in [-0.2, 0) is 20.7 Å². The number of primary amides is 1. The van der Waals surface area contributed by atoms with E-state index in [1.165, 1.54) is 17.0 Å². The number of nitrogens with one attached hydrogen (secondary N) is 1. The van der Waals surface area contributed by atoms with E-state index in [0.29, 0.717) is 4.47 Å². The molecule has 1 unspecified atom stereocenters. The second-order valence-corrected chi connectivity index (χ2v) is 9.88. The van der Waals surface area contributed by atoms with Gasteiger partial charge < -0.3 is 15.8 Å². The van der Waals surface area contributed by atoms with Crippen LogP contribution in [0.15, 0.2) is 22.7 Å². The minimum Gasteiger partial charge on any atom is -0.444 e. The molecule has 1 heterocycles. The van der Waals surface area contributed by atoms with Crippen LogP contribution in [-0.4, -0.2) is 46.5 Å². The van der Waals surface area contributed by atoms with Crippen molar-refractivity contribution in [3.8, 4) is 0 Å². The number of nitrogens with zero attached hydrogens (tertiary/aromatic N) is 1. The highest BCUT2D eigenvalue weighted by Crippen LogP contribution is 2.43. The fourth-order valence-electron chi connectivity index (χ4n) is 4.29. The highest BCUT2D eigenvalue weighted by Gasteiger charge is 2.52. The lowest BCUT2D eigenvalue weighted by molar-refractivity contribution is -0.132. The van der Waals surface area contributed by atoms with E-state index in [0.717, 1.165) is 19.3 Å². The topological polar surface area (TPSA) is 102 Å². The van der Waals surface area contributed by atoms with E-state index < -0.39 is 41.4 Å². The Labute approximate surface area is 183 Å². The van der Waals surface area contributed by atoms with Crippen molar-refractivity contribution >= 4 is 33.8 Å². The third-order valence-electron chi connectivity index (χ3n) is 5.56. The standard InChI is InChI=1S/C21H27BrFN3O4/c1-21(2,3)30-20(29)26-14-7-5-12(8-14)17(26)19(28)25-16(18(24)27)9-11-4-6-13(22)10-15(11)23/h4,6,10,12,14,16-17H,5,7-9H2,1-3H3,(H2,24,27)(H,25,28)/t12-,14+,16-,17?/m0/s1. The predicted octanol–water partition coefficient (Wildman–Crippen LogP) is 2.89. The Morgan fingerprint density at radius 2 is 2.03 bits per heavy atom. The number of halogens is 2. The van der Waals surface area contributed by atoms with Crippen molar-refractivity contribution in [1.29, 1.82) is 0 Å². The molecule has 1 aliphatic heterocycles. The van der Waals surface area contributed by atoms with Gasteiger partial charge in [-0.05, 0) is 63.6 Å². The Morgan fingerprint density at radius 3 is 2.63 bits per heavy atom. The normalized spacial score (nSPS) is 23.9. The van der Waals surface area contributed by atoms with Crippen LogP contribution in [0.4, 0.5) is 9.18 Å². The summed E-state index contributed by atoms with van der Waals surface area (Å²) in [5.74, 6) is -1.73. The largest absolute Gasteiger partial charge is 0.444 e. The van der Waals surface area contributed by atoms with E-state index >= 15 is 0 Å². The summed E-state index contributed by atoms with van der Waals surface area (Å²) in [4.78, 5) is 39.3. The average Bonchev–Trinajstić information content (AvgIpc) is 3.22. The highest BCUT2D eigenvalue weighted by atomic mass is 79.9. The molecule has 1 saturated carbocycles. The third kappa shape index (κ3) is 4.94. The first-order valence-electron chi connectivity index (χ1n) is 10.0. The van der Waals surface area contributed by atoms with Crippen LogP contribution in [0.25, 0.3) is 0 Å². The molecule has 7 nitrogen and oxygen atoms in total. The maximum atomic E-state index is 14.2. The summed E-state index contributed by atoms with van der Waals surface area (Å²) in [5, 5.41) is 2.64. The van der Waals surface area contributed by atoms with Gasteiger partial charge in [0.2, 0.25) is 11.8 Å². The highest BCUT2D eigenvalue weighted by molar-refractivity contribution is 9.10. The molecule has 3 rings (SSSR count). The number of benzene rings is 1. The van der Waals surface area contributed by atoms with Crippen molar-refractivity contribution in [2.45, 2.75) is 70.2 Å². The van der Waals surface area contributed by atoms with Crippen molar-refractivity contribution in [1.82, 2.24) is 10.2 Å². The summed E-state index contributed by atoms with van der Waals surface area (Å²) in [7, 11) is 0. The van der Waals surface area contributed by atoms with Crippen LogP contribution < -0.4 is 11.1 Å². The Morgan fingerprint density at radius 1 is 1.33 bits per heavy atom. The second-order valence-electron chi connectivity index (χ2n) is 8.96. The molecule has 3 N–H and O–H groups in total. The van der Waals surface area contributed by atoms with Crippen LogP contribution in [0.3, 0.4) is 0 Å². The first-order valence-corrected chi connectivity index (χ1v) is 10.8. The quantitative estimate of drug-likeness (QED) is 0.671. The molecule has 2 bridgehead atoms. The molecular formula is C21H27BrFN3O4. The number of ether oxygens (including phenoxy) is 1. The zero-order valence-electron chi connectivity index (χ0n) is 17.3. The second kappa shape index (κ2) is 8.53. The lowest BCUT2D eigenvalue weighted by atomic mass is 9.97. The van der Waals surface area contributed by atoms with E-state index in [1.54, 1.807) is 26.8 Å². The molecule has 30 heavy (non-hydrogen) atoms. The minimum absolute atomic E-state index is 0.000427. The predicted molar refractivity (Wildman–Crippen MR) is 112 cm³/mol. The molecule has 3 amide bonds. The molecule has 0 aromatic heterocycles. The number of carbonyl (C=O) groups excluding carboxylic acids is 3. The molecule has 2 fully saturated rings. The van der Waals surface area contributed by atoms with Gasteiger partial charge in [0.15, 0.2) is 0 Å². The number of hydrogen-bond acceptors (Lipinski definition) is 4. The Bertz CT molecular complexity index is 857. The van der Waals surface area contributed by atoms with Gasteiger partial charge in [-0.25, -0.2) is 9.18 Å². The van der Waals surface area contributed by atoms with E-state index in [1.807, 2.05) is 0 Å². The number of fused-ring (bicyclic) bond motifs is 2. The maximum Gasteiger partial charge on any atom is 0.411 e. The zero-order valence-corrected chi connectivity index (χ0v) is 18.9. The van der Waals surface area contributed by atoms with E-state index in [2.05, 4.69) is 21.2 Å². The summed E-state index contributed by atoms with van der Waals surface area (Å²) in [6.07, 6.45) is 1.75. The number of piperidine rings is 1. The first-order chi connectivity index (χ1) is 14.0. The van der Waals surface area contributed by atoms with Gasteiger partial charge in [-0.3, -0.25) is 14.5 Å². The molecule has 9 heteroatoms. The number of rotatable bonds is 5. The molecule has 1 aromatic carbocycles. The SMILES string of the molecule is CC(C)(C)OC(=O)N1C(C(=O)N[C@@H](Cc2ccc(Br)cc2F)C(N)=O)[C@H]2CC[C@@H]1C2. The summed E-state index contributed by atoms with van der Waals surface area (Å²) >= 11 is 3.19. The lowest BCUT2D eigenvalue weighted by Gasteiger charge is -2.36. The van der Waals surface area contributed by atoms with Gasteiger partial charge in [-0.1, -0.05) is 22.0 Å². The summed E-state index contributed by atoms with van der Waals surface area (Å²) < 4.78 is 20.3. The third-order valence-corrected chi connectivity index (χ3v) is 6.05. The van der Waals surface area contributed by atoms with Gasteiger partial charge in [-0.15, -0.1) is 0 Å². The monoisotopic (exact) mass is 483 g/mol. The molecule has 4 atom stereocenters. The average molecular weight is 484 g/mol. The molecule has 1 aromatic rings. The smallest absolute Gasteiger partial charge is 0.411 e. The molecular weight excluding hydrogens is 457 g/mol. The van der Waals surface area contributed by atoms with Crippen LogP contribution in [0.1, 0.15) is 45.6 Å². The first kappa shape index (κ1) is 22.5.